The lowest BCUT2D eigenvalue weighted by molar-refractivity contribution is 0.0606. The van der Waals surface area contributed by atoms with Crippen molar-refractivity contribution in [1.82, 2.24) is 4.98 Å². The lowest BCUT2D eigenvalue weighted by atomic mass is 10.2. The molecule has 1 fully saturated rings. The fraction of sp³-hybridized carbons (Fsp3) is 0.600. The molecule has 0 N–H and O–H groups in total. The first-order chi connectivity index (χ1) is 7.72. The first kappa shape index (κ1) is 11.3. The summed E-state index contributed by atoms with van der Waals surface area (Å²) in [7, 11) is 3.34. The van der Waals surface area contributed by atoms with Crippen LogP contribution in [0.1, 0.15) is 16.1 Å². The van der Waals surface area contributed by atoms with E-state index in [0.29, 0.717) is 10.9 Å². The van der Waals surface area contributed by atoms with Crippen molar-refractivity contribution in [3.63, 3.8) is 0 Å². The number of anilines is 1. The maximum absolute atomic E-state index is 11.3. The quantitative estimate of drug-likeness (QED) is 0.744. The molecule has 6 heteroatoms. The summed E-state index contributed by atoms with van der Waals surface area (Å²) < 4.78 is 9.96. The van der Waals surface area contributed by atoms with Gasteiger partial charge in [0.25, 0.3) is 0 Å². The summed E-state index contributed by atoms with van der Waals surface area (Å²) in [6.07, 6.45) is 2.56. The van der Waals surface area contributed by atoms with Crippen LogP contribution in [-0.2, 0) is 9.47 Å². The van der Waals surface area contributed by atoms with Crippen molar-refractivity contribution in [2.24, 2.45) is 0 Å². The maximum Gasteiger partial charge on any atom is 0.349 e. The van der Waals surface area contributed by atoms with Crippen LogP contribution in [0, 0.1) is 0 Å². The van der Waals surface area contributed by atoms with Crippen molar-refractivity contribution in [1.29, 1.82) is 0 Å². The zero-order chi connectivity index (χ0) is 11.5. The molecule has 1 atom stereocenters. The van der Waals surface area contributed by atoms with Crippen LogP contribution in [0.25, 0.3) is 0 Å². The van der Waals surface area contributed by atoms with Gasteiger partial charge in [0.1, 0.15) is 4.88 Å². The Labute approximate surface area is 98.0 Å². The summed E-state index contributed by atoms with van der Waals surface area (Å²) in [5.74, 6) is -0.333. The van der Waals surface area contributed by atoms with Crippen LogP contribution >= 0.6 is 11.3 Å². The number of methoxy groups -OCH3 is 1. The molecule has 0 aliphatic carbocycles. The summed E-state index contributed by atoms with van der Waals surface area (Å²) in [6.45, 7) is 1.52. The van der Waals surface area contributed by atoms with E-state index >= 15 is 0 Å². The van der Waals surface area contributed by atoms with E-state index < -0.39 is 0 Å². The van der Waals surface area contributed by atoms with Crippen molar-refractivity contribution in [3.05, 3.63) is 11.1 Å². The summed E-state index contributed by atoms with van der Waals surface area (Å²) >= 11 is 1.35. The number of carbonyl (C=O) groups excluding carboxylic acids is 1. The molecule has 1 aliphatic heterocycles. The first-order valence-corrected chi connectivity index (χ1v) is 5.88. The molecule has 16 heavy (non-hydrogen) atoms. The minimum atomic E-state index is -0.333. The summed E-state index contributed by atoms with van der Waals surface area (Å²) in [5.41, 5.74) is 0. The highest BCUT2D eigenvalue weighted by Crippen LogP contribution is 2.25. The summed E-state index contributed by atoms with van der Waals surface area (Å²) in [5, 5.41) is 0.830. The lowest BCUT2D eigenvalue weighted by Gasteiger charge is -2.21. The van der Waals surface area contributed by atoms with E-state index in [1.807, 2.05) is 7.05 Å². The van der Waals surface area contributed by atoms with Gasteiger partial charge in [0, 0.05) is 13.7 Å². The molecular formula is C10H14N2O3S. The van der Waals surface area contributed by atoms with Crippen molar-refractivity contribution in [2.45, 2.75) is 12.5 Å². The summed E-state index contributed by atoms with van der Waals surface area (Å²) in [6, 6.07) is 0.358. The second-order valence-corrected chi connectivity index (χ2v) is 4.64. The molecule has 0 aromatic carbocycles. The van der Waals surface area contributed by atoms with Gasteiger partial charge >= 0.3 is 5.97 Å². The van der Waals surface area contributed by atoms with Crippen molar-refractivity contribution in [2.75, 3.05) is 32.3 Å². The molecule has 2 heterocycles. The number of nitrogens with zero attached hydrogens (tertiary/aromatic N) is 2. The molecule has 1 aliphatic rings. The predicted octanol–water partition coefficient (Wildman–Crippen LogP) is 1.15. The van der Waals surface area contributed by atoms with E-state index in [2.05, 4.69) is 14.6 Å². The van der Waals surface area contributed by atoms with Crippen LogP contribution < -0.4 is 4.90 Å². The second-order valence-electron chi connectivity index (χ2n) is 3.63. The number of aromatic nitrogens is 1. The minimum absolute atomic E-state index is 0.333. The molecule has 88 valence electrons. The van der Waals surface area contributed by atoms with Gasteiger partial charge in [-0.1, -0.05) is 11.3 Å². The van der Waals surface area contributed by atoms with Gasteiger partial charge in [-0.2, -0.15) is 0 Å². The normalized spacial score (nSPS) is 19.8. The third-order valence-electron chi connectivity index (χ3n) is 2.64. The zero-order valence-electron chi connectivity index (χ0n) is 9.30. The molecule has 5 nitrogen and oxygen atoms in total. The van der Waals surface area contributed by atoms with Crippen LogP contribution in [-0.4, -0.2) is 44.4 Å². The Morgan fingerprint density at radius 3 is 3.19 bits per heavy atom. The molecule has 0 bridgehead atoms. The number of carbonyl (C=O) groups is 1. The average molecular weight is 242 g/mol. The Kier molecular flexibility index (Phi) is 3.40. The monoisotopic (exact) mass is 242 g/mol. The smallest absolute Gasteiger partial charge is 0.349 e. The molecule has 1 unspecified atom stereocenters. The number of esters is 1. The SMILES string of the molecule is COC(=O)c1cnc(N(C)C2CCOC2)s1. The highest BCUT2D eigenvalue weighted by atomic mass is 32.1. The standard InChI is InChI=1S/C10H14N2O3S/c1-12(7-3-4-15-6-7)10-11-5-8(16-10)9(13)14-2/h5,7H,3-4,6H2,1-2H3. The number of thiazole rings is 1. The zero-order valence-corrected chi connectivity index (χ0v) is 10.1. The van der Waals surface area contributed by atoms with Crippen LogP contribution in [0.3, 0.4) is 0 Å². The summed E-state index contributed by atoms with van der Waals surface area (Å²) in [4.78, 5) is 18.1. The van der Waals surface area contributed by atoms with Gasteiger partial charge in [-0.05, 0) is 6.42 Å². The van der Waals surface area contributed by atoms with Gasteiger partial charge < -0.3 is 14.4 Å². The largest absolute Gasteiger partial charge is 0.465 e. The third kappa shape index (κ3) is 2.17. The van der Waals surface area contributed by atoms with Gasteiger partial charge in [0.05, 0.1) is 26.0 Å². The van der Waals surface area contributed by atoms with Gasteiger partial charge in [-0.25, -0.2) is 9.78 Å². The van der Waals surface area contributed by atoms with E-state index in [9.17, 15) is 4.79 Å². The molecule has 0 spiro atoms. The Hall–Kier alpha value is -1.14. The van der Waals surface area contributed by atoms with Crippen molar-refractivity contribution >= 4 is 22.4 Å². The van der Waals surface area contributed by atoms with Crippen LogP contribution in [0.4, 0.5) is 5.13 Å². The van der Waals surface area contributed by atoms with E-state index in [1.165, 1.54) is 18.4 Å². The van der Waals surface area contributed by atoms with Crippen molar-refractivity contribution in [3.8, 4) is 0 Å². The van der Waals surface area contributed by atoms with Crippen LogP contribution in [0.5, 0.6) is 0 Å². The third-order valence-corrected chi connectivity index (χ3v) is 3.70. The van der Waals surface area contributed by atoms with Crippen molar-refractivity contribution < 1.29 is 14.3 Å². The van der Waals surface area contributed by atoms with Gasteiger partial charge in [0.15, 0.2) is 5.13 Å². The Bertz CT molecular complexity index is 374. The van der Waals surface area contributed by atoms with Gasteiger partial charge in [-0.3, -0.25) is 0 Å². The van der Waals surface area contributed by atoms with E-state index in [-0.39, 0.29) is 5.97 Å². The molecule has 1 aromatic rings. The highest BCUT2D eigenvalue weighted by Gasteiger charge is 2.23. The molecule has 0 amide bonds. The Balaban J connectivity index is 2.08. The Morgan fingerprint density at radius 1 is 1.75 bits per heavy atom. The fourth-order valence-electron chi connectivity index (χ4n) is 1.61. The number of rotatable bonds is 3. The van der Waals surface area contributed by atoms with Crippen LogP contribution in [0.15, 0.2) is 6.20 Å². The lowest BCUT2D eigenvalue weighted by Crippen LogP contribution is -2.31. The van der Waals surface area contributed by atoms with Crippen LogP contribution in [0.2, 0.25) is 0 Å². The molecule has 0 saturated carbocycles. The predicted molar refractivity (Wildman–Crippen MR) is 61.1 cm³/mol. The number of likely N-dealkylation sites (N-methyl/N-ethyl adjacent to an activating group) is 1. The van der Waals surface area contributed by atoms with Gasteiger partial charge in [-0.15, -0.1) is 0 Å². The number of hydrogen-bond acceptors (Lipinski definition) is 6. The number of hydrogen-bond donors (Lipinski definition) is 0. The fourth-order valence-corrected chi connectivity index (χ4v) is 2.47. The Morgan fingerprint density at radius 2 is 2.56 bits per heavy atom. The topological polar surface area (TPSA) is 51.7 Å². The second kappa shape index (κ2) is 4.80. The van der Waals surface area contributed by atoms with E-state index in [0.717, 1.165) is 24.8 Å². The first-order valence-electron chi connectivity index (χ1n) is 5.07. The average Bonchev–Trinajstić information content (AvgIpc) is 2.97. The highest BCUT2D eigenvalue weighted by molar-refractivity contribution is 7.17. The maximum atomic E-state index is 11.3. The van der Waals surface area contributed by atoms with Gasteiger partial charge in [0.2, 0.25) is 0 Å². The molecule has 1 saturated heterocycles. The molecule has 2 rings (SSSR count). The van der Waals surface area contributed by atoms with E-state index in [1.54, 1.807) is 6.20 Å². The molecular weight excluding hydrogens is 228 g/mol. The molecule has 0 radical (unpaired) electrons. The molecule has 1 aromatic heterocycles. The van der Waals surface area contributed by atoms with E-state index in [4.69, 9.17) is 4.74 Å². The minimum Gasteiger partial charge on any atom is -0.465 e. The number of ether oxygens (including phenoxy) is 2.